The Labute approximate surface area is 272 Å². The molecule has 0 radical (unpaired) electrons. The first-order valence-corrected chi connectivity index (χ1v) is 16.1. The first-order valence-electron chi connectivity index (χ1n) is 16.1. The van der Waals surface area contributed by atoms with Gasteiger partial charge in [0.2, 0.25) is 5.91 Å². The lowest BCUT2D eigenvalue weighted by molar-refractivity contribution is -0.115. The van der Waals surface area contributed by atoms with Gasteiger partial charge >= 0.3 is 0 Å². The predicted octanol–water partition coefficient (Wildman–Crippen LogP) is 5.44. The van der Waals surface area contributed by atoms with Crippen LogP contribution in [-0.4, -0.2) is 84.2 Å². The molecule has 0 spiro atoms. The van der Waals surface area contributed by atoms with E-state index in [1.54, 1.807) is 54.1 Å². The molecular weight excluding hydrogens is 582 g/mol. The van der Waals surface area contributed by atoms with Gasteiger partial charge in [-0.05, 0) is 69.0 Å². The molecule has 0 saturated carbocycles. The van der Waals surface area contributed by atoms with Crippen LogP contribution in [0.15, 0.2) is 78.9 Å². The highest BCUT2D eigenvalue weighted by Gasteiger charge is 2.31. The van der Waals surface area contributed by atoms with Crippen LogP contribution in [0.5, 0.6) is 5.75 Å². The van der Waals surface area contributed by atoms with Gasteiger partial charge in [-0.1, -0.05) is 55.5 Å². The van der Waals surface area contributed by atoms with E-state index >= 15 is 0 Å². The normalized spacial score (nSPS) is 20.1. The zero-order valence-electron chi connectivity index (χ0n) is 27.4. The lowest BCUT2D eigenvalue weighted by Gasteiger charge is -2.36. The Hall–Kier alpha value is -4.21. The predicted molar refractivity (Wildman–Crippen MR) is 179 cm³/mol. The molecular formula is C37H47N3O6. The number of rotatable bonds is 8. The van der Waals surface area contributed by atoms with Crippen molar-refractivity contribution in [3.63, 3.8) is 0 Å². The van der Waals surface area contributed by atoms with Gasteiger partial charge < -0.3 is 29.7 Å². The van der Waals surface area contributed by atoms with Crippen molar-refractivity contribution in [2.75, 3.05) is 38.7 Å². The smallest absolute Gasteiger partial charge is 0.258 e. The largest absolute Gasteiger partial charge is 0.490 e. The van der Waals surface area contributed by atoms with Gasteiger partial charge in [-0.25, -0.2) is 0 Å². The number of carbonyl (C=O) groups is 3. The number of hydrogen-bond acceptors (Lipinski definition) is 6. The van der Waals surface area contributed by atoms with E-state index in [-0.39, 0.29) is 55.4 Å². The van der Waals surface area contributed by atoms with Crippen LogP contribution in [0.4, 0.5) is 5.69 Å². The van der Waals surface area contributed by atoms with Crippen molar-refractivity contribution >= 4 is 23.4 Å². The number of ether oxygens (including phenoxy) is 2. The second-order valence-corrected chi connectivity index (χ2v) is 12.3. The van der Waals surface area contributed by atoms with E-state index in [4.69, 9.17) is 9.47 Å². The summed E-state index contributed by atoms with van der Waals surface area (Å²) in [5.74, 6) is -0.367. The van der Waals surface area contributed by atoms with E-state index in [1.165, 1.54) is 0 Å². The van der Waals surface area contributed by atoms with Crippen LogP contribution in [-0.2, 0) is 16.0 Å². The number of amides is 3. The summed E-state index contributed by atoms with van der Waals surface area (Å²) in [7, 11) is 1.76. The summed E-state index contributed by atoms with van der Waals surface area (Å²) in [4.78, 5) is 43.7. The highest BCUT2D eigenvalue weighted by Crippen LogP contribution is 2.28. The van der Waals surface area contributed by atoms with E-state index in [1.807, 2.05) is 62.4 Å². The van der Waals surface area contributed by atoms with Crippen LogP contribution in [0.2, 0.25) is 0 Å². The molecule has 0 fully saturated rings. The number of aliphatic hydroxyl groups excluding tert-OH is 1. The molecule has 46 heavy (non-hydrogen) atoms. The molecule has 0 saturated heterocycles. The molecule has 9 heteroatoms. The third-order valence-electron chi connectivity index (χ3n) is 8.36. The number of nitrogens with one attached hydrogen (secondary N) is 1. The maximum absolute atomic E-state index is 14.3. The quantitative estimate of drug-likeness (QED) is 0.344. The minimum atomic E-state index is -0.506. The van der Waals surface area contributed by atoms with Gasteiger partial charge in [0, 0.05) is 43.9 Å². The molecule has 1 aliphatic rings. The van der Waals surface area contributed by atoms with Crippen LogP contribution in [0, 0.1) is 5.92 Å². The SMILES string of the molecule is C[C@H](CO)N1C[C@H](C)[C@@H](CN(C)C(=O)c2ccccc2)OCCCC[C@H](C)Oc2ccc(NC(=O)Cc3ccccc3)cc2C1=O. The van der Waals surface area contributed by atoms with Gasteiger partial charge in [-0.2, -0.15) is 0 Å². The minimum Gasteiger partial charge on any atom is -0.490 e. The molecule has 0 unspecified atom stereocenters. The van der Waals surface area contributed by atoms with Crippen molar-refractivity contribution < 1.29 is 29.0 Å². The fourth-order valence-corrected chi connectivity index (χ4v) is 5.60. The number of likely N-dealkylation sites (N-methyl/N-ethyl adjacent to an activating group) is 1. The summed E-state index contributed by atoms with van der Waals surface area (Å²) in [6.45, 7) is 6.67. The van der Waals surface area contributed by atoms with Crippen molar-refractivity contribution in [3.05, 3.63) is 95.6 Å². The number of anilines is 1. The molecule has 0 aromatic heterocycles. The molecule has 2 N–H and O–H groups in total. The first kappa shape index (κ1) is 34.7. The summed E-state index contributed by atoms with van der Waals surface area (Å²) in [6, 6.07) is 23.2. The lowest BCUT2D eigenvalue weighted by Crippen LogP contribution is -2.48. The molecule has 1 heterocycles. The fourth-order valence-electron chi connectivity index (χ4n) is 5.60. The minimum absolute atomic E-state index is 0.103. The fraction of sp³-hybridized carbons (Fsp3) is 0.432. The van der Waals surface area contributed by atoms with Gasteiger partial charge in [0.15, 0.2) is 0 Å². The van der Waals surface area contributed by atoms with E-state index in [2.05, 4.69) is 5.32 Å². The Morgan fingerprint density at radius 1 is 1.02 bits per heavy atom. The Morgan fingerprint density at radius 2 is 1.72 bits per heavy atom. The topological polar surface area (TPSA) is 108 Å². The summed E-state index contributed by atoms with van der Waals surface area (Å²) < 4.78 is 12.7. The molecule has 3 aromatic rings. The van der Waals surface area contributed by atoms with Gasteiger partial charge in [0.1, 0.15) is 5.75 Å². The molecule has 4 rings (SSSR count). The second-order valence-electron chi connectivity index (χ2n) is 12.3. The summed E-state index contributed by atoms with van der Waals surface area (Å²) in [5.41, 5.74) is 2.28. The van der Waals surface area contributed by atoms with Crippen molar-refractivity contribution in [2.24, 2.45) is 5.92 Å². The van der Waals surface area contributed by atoms with Crippen molar-refractivity contribution in [2.45, 2.75) is 64.7 Å². The molecule has 1 aliphatic heterocycles. The highest BCUT2D eigenvalue weighted by molar-refractivity contribution is 6.00. The van der Waals surface area contributed by atoms with Gasteiger partial charge in [-0.3, -0.25) is 14.4 Å². The monoisotopic (exact) mass is 629 g/mol. The van der Waals surface area contributed by atoms with Gasteiger partial charge in [-0.15, -0.1) is 0 Å². The molecule has 9 nitrogen and oxygen atoms in total. The third-order valence-corrected chi connectivity index (χ3v) is 8.36. The number of carbonyl (C=O) groups excluding carboxylic acids is 3. The number of aliphatic hydroxyl groups is 1. The van der Waals surface area contributed by atoms with Crippen molar-refractivity contribution in [1.82, 2.24) is 9.80 Å². The van der Waals surface area contributed by atoms with E-state index in [9.17, 15) is 19.5 Å². The van der Waals surface area contributed by atoms with E-state index in [0.717, 1.165) is 24.8 Å². The number of fused-ring (bicyclic) bond motifs is 1. The number of nitrogens with zero attached hydrogens (tertiary/aromatic N) is 2. The maximum Gasteiger partial charge on any atom is 0.258 e. The second kappa shape index (κ2) is 16.9. The zero-order chi connectivity index (χ0) is 33.1. The molecule has 4 atom stereocenters. The van der Waals surface area contributed by atoms with Gasteiger partial charge in [0.05, 0.1) is 36.8 Å². The summed E-state index contributed by atoms with van der Waals surface area (Å²) in [6.07, 6.45) is 2.14. The van der Waals surface area contributed by atoms with Gasteiger partial charge in [0.25, 0.3) is 11.8 Å². The average molecular weight is 630 g/mol. The first-order chi connectivity index (χ1) is 22.2. The van der Waals surface area contributed by atoms with Crippen LogP contribution < -0.4 is 10.1 Å². The van der Waals surface area contributed by atoms with Crippen LogP contribution in [0.3, 0.4) is 0 Å². The molecule has 3 aromatic carbocycles. The average Bonchev–Trinajstić information content (AvgIpc) is 3.06. The Balaban J connectivity index is 1.60. The van der Waals surface area contributed by atoms with E-state index in [0.29, 0.717) is 35.7 Å². The third kappa shape index (κ3) is 9.64. The lowest BCUT2D eigenvalue weighted by atomic mass is 10.0. The van der Waals surface area contributed by atoms with Crippen LogP contribution in [0.25, 0.3) is 0 Å². The molecule has 3 amide bonds. The zero-order valence-corrected chi connectivity index (χ0v) is 27.4. The Kier molecular flexibility index (Phi) is 12.7. The van der Waals surface area contributed by atoms with Crippen molar-refractivity contribution in [3.8, 4) is 5.75 Å². The van der Waals surface area contributed by atoms with Crippen molar-refractivity contribution in [1.29, 1.82) is 0 Å². The molecule has 0 aliphatic carbocycles. The Bertz CT molecular complexity index is 1430. The number of hydrogen-bond donors (Lipinski definition) is 2. The van der Waals surface area contributed by atoms with Crippen LogP contribution >= 0.6 is 0 Å². The highest BCUT2D eigenvalue weighted by atomic mass is 16.5. The van der Waals surface area contributed by atoms with Crippen LogP contribution in [0.1, 0.15) is 66.3 Å². The standard InChI is InChI=1S/C37H47N3O6/c1-26-23-40(27(2)25-41)37(44)32-22-31(38-35(42)21-29-14-7-5-8-15-29)18-19-33(32)46-28(3)13-11-12-20-45-34(26)24-39(4)36(43)30-16-9-6-10-17-30/h5-10,14-19,22,26-28,34,41H,11-13,20-21,23-25H2,1-4H3,(H,38,42)/t26-,27+,28-,34+/m0/s1. The summed E-state index contributed by atoms with van der Waals surface area (Å²) in [5, 5.41) is 13.1. The summed E-state index contributed by atoms with van der Waals surface area (Å²) >= 11 is 0. The Morgan fingerprint density at radius 3 is 2.41 bits per heavy atom. The molecule has 0 bridgehead atoms. The van der Waals surface area contributed by atoms with E-state index < -0.39 is 6.04 Å². The molecule has 246 valence electrons. The number of benzene rings is 3. The maximum atomic E-state index is 14.3.